The van der Waals surface area contributed by atoms with Crippen LogP contribution in [-0.4, -0.2) is 33.3 Å². The monoisotopic (exact) mass is 305 g/mol. The summed E-state index contributed by atoms with van der Waals surface area (Å²) in [5.74, 6) is 1.51. The molecule has 0 aromatic heterocycles. The van der Waals surface area contributed by atoms with Crippen LogP contribution in [0.3, 0.4) is 0 Å². The number of fused-ring (bicyclic) bond motifs is 1. The van der Waals surface area contributed by atoms with Crippen molar-refractivity contribution in [2.75, 3.05) is 24.8 Å². The van der Waals surface area contributed by atoms with Crippen LogP contribution >= 0.6 is 11.6 Å². The van der Waals surface area contributed by atoms with Gasteiger partial charge in [0.15, 0.2) is 21.3 Å². The largest absolute Gasteiger partial charge is 0.454 e. The fourth-order valence-corrected chi connectivity index (χ4v) is 2.76. The zero-order chi connectivity index (χ0) is 13.9. The average Bonchev–Trinajstić information content (AvgIpc) is 2.83. The summed E-state index contributed by atoms with van der Waals surface area (Å²) in [6, 6.07) is 3.63. The molecule has 1 heterocycles. The van der Waals surface area contributed by atoms with Crippen molar-refractivity contribution in [3.8, 4) is 11.5 Å². The van der Waals surface area contributed by atoms with Crippen molar-refractivity contribution >= 4 is 21.4 Å². The predicted molar refractivity (Wildman–Crippen MR) is 73.6 cm³/mol. The molecule has 0 unspecified atom stereocenters. The van der Waals surface area contributed by atoms with E-state index in [1.54, 1.807) is 13.0 Å². The van der Waals surface area contributed by atoms with Crippen LogP contribution < -0.4 is 14.8 Å². The molecule has 2 rings (SSSR count). The van der Waals surface area contributed by atoms with Gasteiger partial charge in [0.1, 0.15) is 0 Å². The van der Waals surface area contributed by atoms with Gasteiger partial charge in [0.2, 0.25) is 6.79 Å². The minimum absolute atomic E-state index is 0.141. The summed E-state index contributed by atoms with van der Waals surface area (Å²) in [5.41, 5.74) is 0.933. The highest BCUT2D eigenvalue weighted by Crippen LogP contribution is 2.39. The molecule has 0 atom stereocenters. The zero-order valence-corrected chi connectivity index (χ0v) is 12.2. The highest BCUT2D eigenvalue weighted by Gasteiger charge is 2.18. The van der Waals surface area contributed by atoms with E-state index in [-0.39, 0.29) is 18.3 Å². The van der Waals surface area contributed by atoms with E-state index in [0.717, 1.165) is 5.56 Å². The van der Waals surface area contributed by atoms with Crippen LogP contribution in [0, 0.1) is 0 Å². The first-order valence-electron chi connectivity index (χ1n) is 6.01. The minimum atomic E-state index is -2.92. The van der Waals surface area contributed by atoms with Gasteiger partial charge in [-0.2, -0.15) is 0 Å². The molecule has 106 valence electrons. The number of benzene rings is 1. The van der Waals surface area contributed by atoms with E-state index in [1.165, 1.54) is 0 Å². The molecule has 1 N–H and O–H groups in total. The highest BCUT2D eigenvalue weighted by molar-refractivity contribution is 7.91. The van der Waals surface area contributed by atoms with Gasteiger partial charge in [0, 0.05) is 18.8 Å². The van der Waals surface area contributed by atoms with Gasteiger partial charge in [0.25, 0.3) is 0 Å². The third kappa shape index (κ3) is 3.75. The maximum atomic E-state index is 11.3. The van der Waals surface area contributed by atoms with Crippen LogP contribution in [0.1, 0.15) is 12.5 Å². The van der Waals surface area contributed by atoms with E-state index in [2.05, 4.69) is 5.32 Å². The van der Waals surface area contributed by atoms with Crippen molar-refractivity contribution in [3.63, 3.8) is 0 Å². The van der Waals surface area contributed by atoms with Crippen LogP contribution in [0.5, 0.6) is 11.5 Å². The van der Waals surface area contributed by atoms with Crippen molar-refractivity contribution in [2.45, 2.75) is 13.5 Å². The molecular formula is C12H16ClNO4S. The minimum Gasteiger partial charge on any atom is -0.454 e. The van der Waals surface area contributed by atoms with Gasteiger partial charge in [-0.25, -0.2) is 8.42 Å². The van der Waals surface area contributed by atoms with Gasteiger partial charge < -0.3 is 14.8 Å². The first-order chi connectivity index (χ1) is 9.02. The highest BCUT2D eigenvalue weighted by atomic mass is 35.5. The Morgan fingerprint density at radius 2 is 2.16 bits per heavy atom. The Hall–Kier alpha value is -0.980. The zero-order valence-electron chi connectivity index (χ0n) is 10.6. The van der Waals surface area contributed by atoms with Crippen molar-refractivity contribution in [2.24, 2.45) is 0 Å². The quantitative estimate of drug-likeness (QED) is 0.809. The molecule has 0 amide bonds. The fourth-order valence-electron chi connectivity index (χ4n) is 1.73. The van der Waals surface area contributed by atoms with Crippen LogP contribution in [0.4, 0.5) is 0 Å². The molecule has 0 radical (unpaired) electrons. The van der Waals surface area contributed by atoms with E-state index in [1.807, 2.05) is 6.07 Å². The molecule has 19 heavy (non-hydrogen) atoms. The van der Waals surface area contributed by atoms with Crippen molar-refractivity contribution in [1.29, 1.82) is 0 Å². The molecule has 0 aliphatic carbocycles. The first-order valence-corrected chi connectivity index (χ1v) is 8.21. The summed E-state index contributed by atoms with van der Waals surface area (Å²) in [6.45, 7) is 2.78. The number of rotatable bonds is 6. The maximum absolute atomic E-state index is 11.3. The second-order valence-electron chi connectivity index (χ2n) is 4.22. The van der Waals surface area contributed by atoms with Crippen LogP contribution in [-0.2, 0) is 16.4 Å². The van der Waals surface area contributed by atoms with Gasteiger partial charge in [-0.1, -0.05) is 18.5 Å². The topological polar surface area (TPSA) is 64.6 Å². The van der Waals surface area contributed by atoms with Crippen LogP contribution in [0.25, 0.3) is 0 Å². The summed E-state index contributed by atoms with van der Waals surface area (Å²) in [4.78, 5) is 0. The lowest BCUT2D eigenvalue weighted by Gasteiger charge is -2.07. The normalized spacial score (nSPS) is 13.8. The summed E-state index contributed by atoms with van der Waals surface area (Å²) in [5, 5.41) is 3.58. The van der Waals surface area contributed by atoms with Crippen molar-refractivity contribution in [3.05, 3.63) is 22.7 Å². The van der Waals surface area contributed by atoms with E-state index in [4.69, 9.17) is 21.1 Å². The number of sulfone groups is 1. The lowest BCUT2D eigenvalue weighted by Crippen LogP contribution is -2.23. The lowest BCUT2D eigenvalue weighted by atomic mass is 10.2. The van der Waals surface area contributed by atoms with Gasteiger partial charge in [-0.3, -0.25) is 0 Å². The molecule has 0 spiro atoms. The number of halogens is 1. The first kappa shape index (κ1) is 14.4. The third-order valence-corrected chi connectivity index (χ3v) is 4.83. The second kappa shape index (κ2) is 5.98. The SMILES string of the molecule is CCS(=O)(=O)CCNCc1cc(Cl)c2c(c1)OCO2. The van der Waals surface area contributed by atoms with E-state index >= 15 is 0 Å². The molecule has 0 saturated heterocycles. The van der Waals surface area contributed by atoms with Crippen LogP contribution in [0.2, 0.25) is 5.02 Å². The van der Waals surface area contributed by atoms with Gasteiger partial charge in [-0.15, -0.1) is 0 Å². The molecule has 7 heteroatoms. The van der Waals surface area contributed by atoms with E-state index < -0.39 is 9.84 Å². The van der Waals surface area contributed by atoms with Crippen LogP contribution in [0.15, 0.2) is 12.1 Å². The number of nitrogens with one attached hydrogen (secondary N) is 1. The Labute approximate surface area is 117 Å². The van der Waals surface area contributed by atoms with E-state index in [9.17, 15) is 8.42 Å². The standard InChI is InChI=1S/C12H16ClNO4S/c1-2-19(15,16)4-3-14-7-9-5-10(13)12-11(6-9)17-8-18-12/h5-6,14H,2-4,7-8H2,1H3. The lowest BCUT2D eigenvalue weighted by molar-refractivity contribution is 0.174. The summed E-state index contributed by atoms with van der Waals surface area (Å²) < 4.78 is 33.1. The Balaban J connectivity index is 1.89. The van der Waals surface area contributed by atoms with Gasteiger partial charge in [-0.05, 0) is 17.7 Å². The molecule has 1 aliphatic rings. The Morgan fingerprint density at radius 3 is 2.89 bits per heavy atom. The Bertz CT molecular complexity index is 559. The van der Waals surface area contributed by atoms with Gasteiger partial charge in [0.05, 0.1) is 10.8 Å². The molecule has 1 aliphatic heterocycles. The second-order valence-corrected chi connectivity index (χ2v) is 7.10. The third-order valence-electron chi connectivity index (χ3n) is 2.85. The maximum Gasteiger partial charge on any atom is 0.231 e. The summed E-state index contributed by atoms with van der Waals surface area (Å²) in [6.07, 6.45) is 0. The molecule has 0 saturated carbocycles. The number of ether oxygens (including phenoxy) is 2. The molecule has 5 nitrogen and oxygen atoms in total. The van der Waals surface area contributed by atoms with E-state index in [0.29, 0.717) is 29.6 Å². The molecule has 1 aromatic rings. The summed E-state index contributed by atoms with van der Waals surface area (Å²) in [7, 11) is -2.92. The Morgan fingerprint density at radius 1 is 1.37 bits per heavy atom. The summed E-state index contributed by atoms with van der Waals surface area (Å²) >= 11 is 6.05. The molecule has 0 bridgehead atoms. The Kier molecular flexibility index (Phi) is 4.54. The van der Waals surface area contributed by atoms with Crippen molar-refractivity contribution < 1.29 is 17.9 Å². The fraction of sp³-hybridized carbons (Fsp3) is 0.500. The molecule has 0 fully saturated rings. The molecule has 1 aromatic carbocycles. The van der Waals surface area contributed by atoms with Gasteiger partial charge >= 0.3 is 0 Å². The average molecular weight is 306 g/mol. The molecular weight excluding hydrogens is 290 g/mol. The van der Waals surface area contributed by atoms with Crippen molar-refractivity contribution in [1.82, 2.24) is 5.32 Å². The smallest absolute Gasteiger partial charge is 0.231 e. The predicted octanol–water partition coefficient (Wildman–Crippen LogP) is 1.59. The number of hydrogen-bond acceptors (Lipinski definition) is 5. The number of hydrogen-bond donors (Lipinski definition) is 1.